The molecular formula is C10H15NO. The molecule has 0 fully saturated rings. The van der Waals surface area contributed by atoms with Gasteiger partial charge in [0.2, 0.25) is 0 Å². The highest BCUT2D eigenvalue weighted by Gasteiger charge is 2.02. The fraction of sp³-hybridized carbons (Fsp3) is 0.500. The van der Waals surface area contributed by atoms with Crippen molar-refractivity contribution in [1.82, 2.24) is 4.57 Å². The topological polar surface area (TPSA) is 22.0 Å². The largest absolute Gasteiger partial charge is 0.313 e. The van der Waals surface area contributed by atoms with Gasteiger partial charge in [-0.05, 0) is 25.8 Å². The van der Waals surface area contributed by atoms with E-state index in [1.807, 2.05) is 19.2 Å². The summed E-state index contributed by atoms with van der Waals surface area (Å²) < 4.78 is 1.79. The molecule has 0 radical (unpaired) electrons. The number of pyridine rings is 1. The van der Waals surface area contributed by atoms with Crippen molar-refractivity contribution in [1.29, 1.82) is 0 Å². The zero-order valence-corrected chi connectivity index (χ0v) is 7.87. The molecule has 12 heavy (non-hydrogen) atoms. The lowest BCUT2D eigenvalue weighted by atomic mass is 10.2. The maximum absolute atomic E-state index is 11.3. The molecule has 0 saturated heterocycles. The molecule has 0 bridgehead atoms. The number of hydrogen-bond acceptors (Lipinski definition) is 1. The molecule has 1 aromatic rings. The van der Waals surface area contributed by atoms with Crippen LogP contribution in [0.4, 0.5) is 0 Å². The minimum Gasteiger partial charge on any atom is -0.313 e. The number of nitrogens with zero attached hydrogens (tertiary/aromatic N) is 1. The molecule has 0 N–H and O–H groups in total. The quantitative estimate of drug-likeness (QED) is 0.658. The van der Waals surface area contributed by atoms with Crippen LogP contribution in [-0.2, 0) is 0 Å². The molecular weight excluding hydrogens is 150 g/mol. The summed E-state index contributed by atoms with van der Waals surface area (Å²) in [6, 6.07) is 3.78. The number of aryl methyl sites for hydroxylation is 1. The van der Waals surface area contributed by atoms with Gasteiger partial charge in [0.25, 0.3) is 5.56 Å². The SMILES string of the molecule is CC[C@@H](C)n1cc(C)ccc1=O. The summed E-state index contributed by atoms with van der Waals surface area (Å²) in [4.78, 5) is 11.3. The van der Waals surface area contributed by atoms with Crippen LogP contribution in [0.5, 0.6) is 0 Å². The van der Waals surface area contributed by atoms with Crippen LogP contribution in [0, 0.1) is 6.92 Å². The zero-order chi connectivity index (χ0) is 9.14. The van der Waals surface area contributed by atoms with Gasteiger partial charge in [0, 0.05) is 18.3 Å². The van der Waals surface area contributed by atoms with Crippen molar-refractivity contribution in [2.75, 3.05) is 0 Å². The van der Waals surface area contributed by atoms with Gasteiger partial charge in [-0.15, -0.1) is 0 Å². The molecule has 1 rings (SSSR count). The minimum atomic E-state index is 0.0925. The lowest BCUT2D eigenvalue weighted by Crippen LogP contribution is -2.21. The molecule has 0 amide bonds. The summed E-state index contributed by atoms with van der Waals surface area (Å²) in [7, 11) is 0. The normalized spacial score (nSPS) is 12.9. The second kappa shape index (κ2) is 3.57. The first-order valence-electron chi connectivity index (χ1n) is 4.34. The van der Waals surface area contributed by atoms with Gasteiger partial charge in [-0.3, -0.25) is 4.79 Å². The van der Waals surface area contributed by atoms with Crippen LogP contribution >= 0.6 is 0 Å². The Morgan fingerprint density at radius 1 is 1.50 bits per heavy atom. The van der Waals surface area contributed by atoms with Gasteiger partial charge < -0.3 is 4.57 Å². The second-order valence-electron chi connectivity index (χ2n) is 3.21. The number of rotatable bonds is 2. The van der Waals surface area contributed by atoms with E-state index in [0.29, 0.717) is 6.04 Å². The van der Waals surface area contributed by atoms with Crippen molar-refractivity contribution in [3.05, 3.63) is 34.2 Å². The molecule has 0 saturated carbocycles. The summed E-state index contributed by atoms with van der Waals surface area (Å²) in [6.07, 6.45) is 2.90. The third kappa shape index (κ3) is 1.76. The highest BCUT2D eigenvalue weighted by molar-refractivity contribution is 5.07. The molecule has 0 aliphatic carbocycles. The Kier molecular flexibility index (Phi) is 2.69. The Labute approximate surface area is 72.8 Å². The molecule has 66 valence electrons. The van der Waals surface area contributed by atoms with Crippen LogP contribution in [0.1, 0.15) is 31.9 Å². The van der Waals surface area contributed by atoms with Crippen molar-refractivity contribution in [3.8, 4) is 0 Å². The molecule has 0 aromatic carbocycles. The molecule has 1 heterocycles. The van der Waals surface area contributed by atoms with E-state index in [-0.39, 0.29) is 5.56 Å². The molecule has 0 spiro atoms. The van der Waals surface area contributed by atoms with Gasteiger partial charge in [0.05, 0.1) is 0 Å². The first kappa shape index (κ1) is 9.04. The molecule has 1 aromatic heterocycles. The van der Waals surface area contributed by atoms with E-state index in [1.54, 1.807) is 10.6 Å². The highest BCUT2D eigenvalue weighted by atomic mass is 16.1. The zero-order valence-electron chi connectivity index (χ0n) is 7.87. The second-order valence-corrected chi connectivity index (χ2v) is 3.21. The molecule has 0 aliphatic rings. The van der Waals surface area contributed by atoms with Crippen LogP contribution in [-0.4, -0.2) is 4.57 Å². The van der Waals surface area contributed by atoms with Crippen LogP contribution in [0.2, 0.25) is 0 Å². The van der Waals surface area contributed by atoms with Crippen molar-refractivity contribution in [2.45, 2.75) is 33.2 Å². The van der Waals surface area contributed by atoms with Crippen molar-refractivity contribution in [2.24, 2.45) is 0 Å². The van der Waals surface area contributed by atoms with Crippen molar-refractivity contribution < 1.29 is 0 Å². The van der Waals surface area contributed by atoms with Crippen molar-refractivity contribution in [3.63, 3.8) is 0 Å². The van der Waals surface area contributed by atoms with Crippen LogP contribution in [0.3, 0.4) is 0 Å². The highest BCUT2D eigenvalue weighted by Crippen LogP contribution is 2.06. The Morgan fingerprint density at radius 2 is 2.17 bits per heavy atom. The minimum absolute atomic E-state index is 0.0925. The van der Waals surface area contributed by atoms with Gasteiger partial charge >= 0.3 is 0 Å². The Balaban J connectivity index is 3.13. The molecule has 1 atom stereocenters. The van der Waals surface area contributed by atoms with Gasteiger partial charge in [-0.2, -0.15) is 0 Å². The first-order valence-corrected chi connectivity index (χ1v) is 4.34. The number of hydrogen-bond donors (Lipinski definition) is 0. The third-order valence-electron chi connectivity index (χ3n) is 2.15. The molecule has 0 aliphatic heterocycles. The van der Waals surface area contributed by atoms with Gasteiger partial charge in [-0.25, -0.2) is 0 Å². The maximum atomic E-state index is 11.3. The average Bonchev–Trinajstić information content (AvgIpc) is 2.08. The maximum Gasteiger partial charge on any atom is 0.250 e. The molecule has 2 heteroatoms. The van der Waals surface area contributed by atoms with E-state index in [1.165, 1.54) is 0 Å². The van der Waals surface area contributed by atoms with Crippen LogP contribution < -0.4 is 5.56 Å². The summed E-state index contributed by atoms with van der Waals surface area (Å²) >= 11 is 0. The first-order chi connectivity index (χ1) is 5.65. The monoisotopic (exact) mass is 165 g/mol. The fourth-order valence-electron chi connectivity index (χ4n) is 1.16. The third-order valence-corrected chi connectivity index (χ3v) is 2.15. The predicted molar refractivity (Wildman–Crippen MR) is 50.4 cm³/mol. The smallest absolute Gasteiger partial charge is 0.250 e. The Hall–Kier alpha value is -1.05. The molecule has 2 nitrogen and oxygen atoms in total. The Bertz CT molecular complexity index is 314. The van der Waals surface area contributed by atoms with Crippen LogP contribution in [0.25, 0.3) is 0 Å². The van der Waals surface area contributed by atoms with Gasteiger partial charge in [-0.1, -0.05) is 13.0 Å². The van der Waals surface area contributed by atoms with E-state index >= 15 is 0 Å². The lowest BCUT2D eigenvalue weighted by molar-refractivity contribution is 0.513. The summed E-state index contributed by atoms with van der Waals surface area (Å²) in [5.74, 6) is 0. The van der Waals surface area contributed by atoms with E-state index in [2.05, 4.69) is 13.8 Å². The molecule has 0 unspecified atom stereocenters. The summed E-state index contributed by atoms with van der Waals surface area (Å²) in [6.45, 7) is 6.14. The van der Waals surface area contributed by atoms with Crippen molar-refractivity contribution >= 4 is 0 Å². The lowest BCUT2D eigenvalue weighted by Gasteiger charge is -2.12. The standard InChI is InChI=1S/C10H15NO/c1-4-9(3)11-7-8(2)5-6-10(11)12/h5-7,9H,4H2,1-3H3/t9-/m1/s1. The summed E-state index contributed by atoms with van der Waals surface area (Å²) in [5.41, 5.74) is 1.23. The predicted octanol–water partition coefficient (Wildman–Crippen LogP) is 2.13. The average molecular weight is 165 g/mol. The van der Waals surface area contributed by atoms with E-state index < -0.39 is 0 Å². The summed E-state index contributed by atoms with van der Waals surface area (Å²) in [5, 5.41) is 0. The van der Waals surface area contributed by atoms with E-state index in [9.17, 15) is 4.79 Å². The van der Waals surface area contributed by atoms with Gasteiger partial charge in [0.15, 0.2) is 0 Å². The number of aromatic nitrogens is 1. The fourth-order valence-corrected chi connectivity index (χ4v) is 1.16. The van der Waals surface area contributed by atoms with E-state index in [0.717, 1.165) is 12.0 Å². The van der Waals surface area contributed by atoms with Gasteiger partial charge in [0.1, 0.15) is 0 Å². The van der Waals surface area contributed by atoms with Crippen LogP contribution in [0.15, 0.2) is 23.1 Å². The van der Waals surface area contributed by atoms with E-state index in [4.69, 9.17) is 0 Å². The Morgan fingerprint density at radius 3 is 2.75 bits per heavy atom.